The molecule has 1 spiro atoms. The van der Waals surface area contributed by atoms with E-state index in [1.807, 2.05) is 6.07 Å². The van der Waals surface area contributed by atoms with E-state index in [1.54, 1.807) is 6.92 Å². The van der Waals surface area contributed by atoms with Crippen molar-refractivity contribution in [3.05, 3.63) is 56.6 Å². The molecule has 0 radical (unpaired) electrons. The van der Waals surface area contributed by atoms with Gasteiger partial charge in [0.25, 0.3) is 5.69 Å². The van der Waals surface area contributed by atoms with Crippen LogP contribution in [0.15, 0.2) is 29.7 Å². The number of esters is 1. The monoisotopic (exact) mass is 410 g/mol. The highest BCUT2D eigenvalue weighted by molar-refractivity contribution is 6.13. The van der Waals surface area contributed by atoms with Gasteiger partial charge in [-0.2, -0.15) is 5.26 Å². The van der Waals surface area contributed by atoms with Gasteiger partial charge >= 0.3 is 5.97 Å². The second-order valence-corrected chi connectivity index (χ2v) is 6.51. The topological polar surface area (TPSA) is 186 Å². The third kappa shape index (κ3) is 2.42. The first-order valence-corrected chi connectivity index (χ1v) is 8.76. The number of carbonyl (C=O) groups is 2. The SMILES string of the molecule is CCOC(=O)Cc1[nH]nc2c1C1(C(=O)Nc3ccc([N+](=O)[O-])cc31)C(C#N)=C(N)O2. The number of nitrogens with one attached hydrogen (secondary N) is 2. The quantitative estimate of drug-likeness (QED) is 0.371. The van der Waals surface area contributed by atoms with Gasteiger partial charge in [0.2, 0.25) is 17.7 Å². The molecule has 4 N–H and O–H groups in total. The standard InChI is InChI=1S/C18H14N6O6/c1-2-29-13(25)6-12-14-16(23-22-12)30-15(20)10(7-19)18(14)9-5-8(24(27)28)3-4-11(9)21-17(18)26/h3-5H,2,6,20H2,1H3,(H,21,26)(H,22,23). The molecule has 0 fully saturated rings. The number of carbonyl (C=O) groups excluding carboxylic acids is 2. The first kappa shape index (κ1) is 18.9. The molecule has 3 heterocycles. The summed E-state index contributed by atoms with van der Waals surface area (Å²) in [4.78, 5) is 36.1. The fourth-order valence-corrected chi connectivity index (χ4v) is 3.81. The van der Waals surface area contributed by atoms with Crippen molar-refractivity contribution in [1.29, 1.82) is 5.26 Å². The van der Waals surface area contributed by atoms with Crippen molar-refractivity contribution in [2.24, 2.45) is 5.73 Å². The molecule has 2 aromatic rings. The second kappa shape index (κ2) is 6.59. The molecular formula is C18H14N6O6. The minimum absolute atomic E-state index is 0.0815. The summed E-state index contributed by atoms with van der Waals surface area (Å²) in [6, 6.07) is 5.67. The molecule has 0 bridgehead atoms. The van der Waals surface area contributed by atoms with Crippen LogP contribution in [0.25, 0.3) is 0 Å². The van der Waals surface area contributed by atoms with Gasteiger partial charge in [-0.15, -0.1) is 5.10 Å². The van der Waals surface area contributed by atoms with Crippen LogP contribution >= 0.6 is 0 Å². The lowest BCUT2D eigenvalue weighted by Gasteiger charge is -2.31. The number of nitrogens with zero attached hydrogens (tertiary/aromatic N) is 3. The van der Waals surface area contributed by atoms with Crippen molar-refractivity contribution in [3.8, 4) is 11.9 Å². The molecule has 2 aliphatic rings. The van der Waals surface area contributed by atoms with E-state index in [9.17, 15) is 25.0 Å². The van der Waals surface area contributed by atoms with E-state index in [0.29, 0.717) is 0 Å². The average molecular weight is 410 g/mol. The number of nitrogens with two attached hydrogens (primary N) is 1. The number of anilines is 1. The second-order valence-electron chi connectivity index (χ2n) is 6.51. The summed E-state index contributed by atoms with van der Waals surface area (Å²) in [5.74, 6) is -1.75. The number of nitro groups is 1. The number of H-pyrrole nitrogens is 1. The molecule has 152 valence electrons. The normalized spacial score (nSPS) is 18.9. The van der Waals surface area contributed by atoms with Gasteiger partial charge in [-0.1, -0.05) is 0 Å². The van der Waals surface area contributed by atoms with E-state index < -0.39 is 22.2 Å². The molecule has 30 heavy (non-hydrogen) atoms. The van der Waals surface area contributed by atoms with Gasteiger partial charge in [-0.25, -0.2) is 0 Å². The predicted molar refractivity (Wildman–Crippen MR) is 98.9 cm³/mol. The highest BCUT2D eigenvalue weighted by Gasteiger charge is 2.59. The van der Waals surface area contributed by atoms with Gasteiger partial charge < -0.3 is 20.5 Å². The van der Waals surface area contributed by atoms with Gasteiger partial charge in [0.1, 0.15) is 17.1 Å². The van der Waals surface area contributed by atoms with Gasteiger partial charge in [0.05, 0.1) is 29.2 Å². The molecule has 12 nitrogen and oxygen atoms in total. The number of hydrogen-bond donors (Lipinski definition) is 3. The number of rotatable bonds is 4. The van der Waals surface area contributed by atoms with Crippen LogP contribution < -0.4 is 15.8 Å². The number of aromatic amines is 1. The molecule has 1 amide bonds. The molecule has 12 heteroatoms. The fourth-order valence-electron chi connectivity index (χ4n) is 3.81. The number of nitro benzene ring substituents is 1. The number of benzene rings is 1. The summed E-state index contributed by atoms with van der Waals surface area (Å²) in [6.07, 6.45) is -0.294. The van der Waals surface area contributed by atoms with Crippen LogP contribution in [0.5, 0.6) is 5.88 Å². The zero-order valence-electron chi connectivity index (χ0n) is 15.5. The number of hydrogen-bond acceptors (Lipinski definition) is 9. The van der Waals surface area contributed by atoms with Gasteiger partial charge in [-0.3, -0.25) is 24.8 Å². The van der Waals surface area contributed by atoms with Crippen LogP contribution in [0.3, 0.4) is 0 Å². The van der Waals surface area contributed by atoms with Crippen molar-refractivity contribution in [3.63, 3.8) is 0 Å². The molecule has 1 atom stereocenters. The smallest absolute Gasteiger partial charge is 0.311 e. The molecule has 1 aromatic carbocycles. The summed E-state index contributed by atoms with van der Waals surface area (Å²) >= 11 is 0. The van der Waals surface area contributed by atoms with Gasteiger partial charge in [0, 0.05) is 23.4 Å². The van der Waals surface area contributed by atoms with Gasteiger partial charge in [0.15, 0.2) is 0 Å². The Balaban J connectivity index is 2.03. The van der Waals surface area contributed by atoms with Crippen LogP contribution in [0.2, 0.25) is 0 Å². The molecule has 4 rings (SSSR count). The third-order valence-electron chi connectivity index (χ3n) is 4.96. The minimum atomic E-state index is -1.87. The number of aromatic nitrogens is 2. The highest BCUT2D eigenvalue weighted by atomic mass is 16.6. The number of nitriles is 1. The Labute approximate surface area is 168 Å². The maximum Gasteiger partial charge on any atom is 0.311 e. The maximum atomic E-state index is 13.3. The molecular weight excluding hydrogens is 396 g/mol. The molecule has 0 saturated heterocycles. The van der Waals surface area contributed by atoms with E-state index in [2.05, 4.69) is 15.5 Å². The molecule has 1 aromatic heterocycles. The first-order valence-electron chi connectivity index (χ1n) is 8.76. The van der Waals surface area contributed by atoms with Crippen molar-refractivity contribution in [1.82, 2.24) is 10.2 Å². The van der Waals surface area contributed by atoms with Crippen molar-refractivity contribution in [2.75, 3.05) is 11.9 Å². The van der Waals surface area contributed by atoms with Gasteiger partial charge in [-0.05, 0) is 13.0 Å². The summed E-state index contributed by atoms with van der Waals surface area (Å²) in [5.41, 5.74) is 4.13. The first-order chi connectivity index (χ1) is 14.3. The third-order valence-corrected chi connectivity index (χ3v) is 4.96. The Bertz CT molecular complexity index is 1190. The largest absolute Gasteiger partial charge is 0.466 e. The zero-order valence-corrected chi connectivity index (χ0v) is 15.5. The summed E-state index contributed by atoms with van der Waals surface area (Å²) in [5, 5.41) is 30.4. The molecule has 0 aliphatic carbocycles. The Hall–Kier alpha value is -4.40. The van der Waals surface area contributed by atoms with E-state index in [0.717, 1.165) is 0 Å². The predicted octanol–water partition coefficient (Wildman–Crippen LogP) is 0.748. The van der Waals surface area contributed by atoms with E-state index in [4.69, 9.17) is 15.2 Å². The number of ether oxygens (including phenoxy) is 2. The highest BCUT2D eigenvalue weighted by Crippen LogP contribution is 2.54. The molecule has 0 saturated carbocycles. The van der Waals surface area contributed by atoms with Crippen molar-refractivity contribution >= 4 is 23.3 Å². The number of non-ortho nitro benzene ring substituents is 1. The Morgan fingerprint density at radius 2 is 2.27 bits per heavy atom. The van der Waals surface area contributed by atoms with Crippen LogP contribution in [-0.4, -0.2) is 33.6 Å². The number of fused-ring (bicyclic) bond motifs is 4. The molecule has 1 unspecified atom stereocenters. The van der Waals surface area contributed by atoms with Crippen LogP contribution in [-0.2, 0) is 26.2 Å². The van der Waals surface area contributed by atoms with E-state index in [-0.39, 0.29) is 58.6 Å². The lowest BCUT2D eigenvalue weighted by atomic mass is 9.68. The zero-order chi connectivity index (χ0) is 21.6. The van der Waals surface area contributed by atoms with E-state index >= 15 is 0 Å². The maximum absolute atomic E-state index is 13.3. The van der Waals surface area contributed by atoms with Crippen LogP contribution in [0.4, 0.5) is 11.4 Å². The lowest BCUT2D eigenvalue weighted by molar-refractivity contribution is -0.384. The summed E-state index contributed by atoms with van der Waals surface area (Å²) in [6.45, 7) is 1.78. The lowest BCUT2D eigenvalue weighted by Crippen LogP contribution is -2.43. The van der Waals surface area contributed by atoms with Crippen LogP contribution in [0, 0.1) is 21.4 Å². The average Bonchev–Trinajstić information content (AvgIpc) is 3.21. The number of amides is 1. The van der Waals surface area contributed by atoms with E-state index in [1.165, 1.54) is 18.2 Å². The summed E-state index contributed by atoms with van der Waals surface area (Å²) in [7, 11) is 0. The summed E-state index contributed by atoms with van der Waals surface area (Å²) < 4.78 is 10.4. The Kier molecular flexibility index (Phi) is 4.16. The van der Waals surface area contributed by atoms with Crippen molar-refractivity contribution in [2.45, 2.75) is 18.8 Å². The fraction of sp³-hybridized carbons (Fsp3) is 0.222. The Morgan fingerprint density at radius 3 is 2.93 bits per heavy atom. The molecule has 2 aliphatic heterocycles. The minimum Gasteiger partial charge on any atom is -0.466 e. The van der Waals surface area contributed by atoms with Crippen molar-refractivity contribution < 1.29 is 24.0 Å². The Morgan fingerprint density at radius 1 is 1.50 bits per heavy atom. The van der Waals surface area contributed by atoms with Crippen LogP contribution in [0.1, 0.15) is 23.7 Å².